The molecule has 8 heteroatoms. The van der Waals surface area contributed by atoms with Crippen LogP contribution in [0.25, 0.3) is 0 Å². The first-order valence-electron chi connectivity index (χ1n) is 5.29. The van der Waals surface area contributed by atoms with Gasteiger partial charge >= 0.3 is 5.97 Å². The number of nitrogens with zero attached hydrogens (tertiary/aromatic N) is 2. The van der Waals surface area contributed by atoms with Crippen LogP contribution in [-0.4, -0.2) is 41.4 Å². The molecule has 0 aromatic carbocycles. The molecular formula is C10H11BrN2O4S. The number of hydrogen-bond acceptors (Lipinski definition) is 4. The van der Waals surface area contributed by atoms with Crippen molar-refractivity contribution in [1.82, 2.24) is 9.29 Å². The number of aliphatic carboxylic acids is 1. The highest BCUT2D eigenvalue weighted by Crippen LogP contribution is 2.25. The molecule has 6 nitrogen and oxygen atoms in total. The van der Waals surface area contributed by atoms with Gasteiger partial charge in [0.15, 0.2) is 5.03 Å². The van der Waals surface area contributed by atoms with E-state index >= 15 is 0 Å². The third kappa shape index (κ3) is 2.40. The first kappa shape index (κ1) is 13.4. The maximum absolute atomic E-state index is 12.2. The van der Waals surface area contributed by atoms with Crippen LogP contribution in [0.4, 0.5) is 0 Å². The molecule has 18 heavy (non-hydrogen) atoms. The van der Waals surface area contributed by atoms with Gasteiger partial charge in [-0.3, -0.25) is 4.79 Å². The zero-order valence-electron chi connectivity index (χ0n) is 9.28. The maximum Gasteiger partial charge on any atom is 0.322 e. The van der Waals surface area contributed by atoms with Crippen LogP contribution >= 0.6 is 15.9 Å². The molecule has 2 heterocycles. The van der Waals surface area contributed by atoms with Gasteiger partial charge in [-0.2, -0.15) is 4.31 Å². The average molecular weight is 335 g/mol. The molecule has 0 bridgehead atoms. The Bertz CT molecular complexity index is 558. The van der Waals surface area contributed by atoms with Crippen molar-refractivity contribution in [3.8, 4) is 0 Å². The maximum atomic E-state index is 12.2. The van der Waals surface area contributed by atoms with E-state index < -0.39 is 22.0 Å². The van der Waals surface area contributed by atoms with Crippen molar-refractivity contribution < 1.29 is 18.3 Å². The number of carboxylic acid groups (broad SMARTS) is 1. The van der Waals surface area contributed by atoms with Gasteiger partial charge in [-0.15, -0.1) is 0 Å². The number of hydrogen-bond donors (Lipinski definition) is 1. The van der Waals surface area contributed by atoms with Crippen molar-refractivity contribution in [3.05, 3.63) is 22.8 Å². The number of rotatable bonds is 3. The van der Waals surface area contributed by atoms with Crippen LogP contribution in [0.3, 0.4) is 0 Å². The molecule has 1 N–H and O–H groups in total. The molecule has 98 valence electrons. The molecule has 1 unspecified atom stereocenters. The highest BCUT2D eigenvalue weighted by molar-refractivity contribution is 9.10. The van der Waals surface area contributed by atoms with Crippen molar-refractivity contribution in [1.29, 1.82) is 0 Å². The third-order valence-corrected chi connectivity index (χ3v) is 5.06. The Balaban J connectivity index is 2.36. The molecule has 0 saturated carbocycles. The third-order valence-electron chi connectivity index (χ3n) is 2.76. The highest BCUT2D eigenvalue weighted by Gasteiger charge is 2.39. The summed E-state index contributed by atoms with van der Waals surface area (Å²) in [5.74, 6) is -1.12. The van der Waals surface area contributed by atoms with Gasteiger partial charge < -0.3 is 5.11 Å². The van der Waals surface area contributed by atoms with Crippen molar-refractivity contribution in [2.24, 2.45) is 0 Å². The smallest absolute Gasteiger partial charge is 0.322 e. The SMILES string of the molecule is O=C(O)C1CCCN1S(=O)(=O)c1ccc(Br)cn1. The lowest BCUT2D eigenvalue weighted by molar-refractivity contribution is -0.140. The van der Waals surface area contributed by atoms with Gasteiger partial charge in [0.25, 0.3) is 10.0 Å². The molecule has 1 atom stereocenters. The van der Waals surface area contributed by atoms with Crippen LogP contribution in [0, 0.1) is 0 Å². The van der Waals surface area contributed by atoms with Crippen LogP contribution in [0.5, 0.6) is 0 Å². The van der Waals surface area contributed by atoms with E-state index in [0.717, 1.165) is 4.31 Å². The molecule has 0 spiro atoms. The lowest BCUT2D eigenvalue weighted by Gasteiger charge is -2.20. The van der Waals surface area contributed by atoms with Gasteiger partial charge in [0, 0.05) is 17.2 Å². The molecule has 0 radical (unpaired) electrons. The molecular weight excluding hydrogens is 324 g/mol. The molecule has 1 aromatic heterocycles. The van der Waals surface area contributed by atoms with Crippen LogP contribution in [0.15, 0.2) is 27.8 Å². The van der Waals surface area contributed by atoms with Gasteiger partial charge in [0.05, 0.1) is 0 Å². The summed E-state index contributed by atoms with van der Waals surface area (Å²) in [4.78, 5) is 14.8. The lowest BCUT2D eigenvalue weighted by Crippen LogP contribution is -2.40. The highest BCUT2D eigenvalue weighted by atomic mass is 79.9. The van der Waals surface area contributed by atoms with Crippen LogP contribution in [0.1, 0.15) is 12.8 Å². The zero-order chi connectivity index (χ0) is 13.3. The minimum Gasteiger partial charge on any atom is -0.480 e. The van der Waals surface area contributed by atoms with Crippen LogP contribution in [-0.2, 0) is 14.8 Å². The van der Waals surface area contributed by atoms with E-state index in [-0.39, 0.29) is 11.6 Å². The minimum atomic E-state index is -3.83. The van der Waals surface area contributed by atoms with Crippen molar-refractivity contribution in [3.63, 3.8) is 0 Å². The Kier molecular flexibility index (Phi) is 3.69. The second-order valence-corrected chi connectivity index (χ2v) is 6.68. The van der Waals surface area contributed by atoms with Gasteiger partial charge in [-0.05, 0) is 40.9 Å². The Hall–Kier alpha value is -0.990. The van der Waals surface area contributed by atoms with E-state index in [2.05, 4.69) is 20.9 Å². The summed E-state index contributed by atoms with van der Waals surface area (Å²) in [7, 11) is -3.83. The fourth-order valence-electron chi connectivity index (χ4n) is 1.91. The number of sulfonamides is 1. The summed E-state index contributed by atoms with van der Waals surface area (Å²) in [6, 6.07) is 1.93. The molecule has 0 aliphatic carbocycles. The fraction of sp³-hybridized carbons (Fsp3) is 0.400. The van der Waals surface area contributed by atoms with Crippen molar-refractivity contribution >= 4 is 31.9 Å². The summed E-state index contributed by atoms with van der Waals surface area (Å²) < 4.78 is 26.2. The van der Waals surface area contributed by atoms with Gasteiger partial charge in [0.2, 0.25) is 0 Å². The monoisotopic (exact) mass is 334 g/mol. The summed E-state index contributed by atoms with van der Waals surface area (Å²) in [6.07, 6.45) is 2.26. The largest absolute Gasteiger partial charge is 0.480 e. The van der Waals surface area contributed by atoms with Crippen LogP contribution in [0.2, 0.25) is 0 Å². The Morgan fingerprint density at radius 3 is 2.78 bits per heavy atom. The van der Waals surface area contributed by atoms with Gasteiger partial charge in [0.1, 0.15) is 6.04 Å². The zero-order valence-corrected chi connectivity index (χ0v) is 11.7. The van der Waals surface area contributed by atoms with Crippen molar-refractivity contribution in [2.45, 2.75) is 23.9 Å². The Morgan fingerprint density at radius 1 is 1.50 bits per heavy atom. The molecule has 1 aromatic rings. The first-order valence-corrected chi connectivity index (χ1v) is 7.52. The minimum absolute atomic E-state index is 0.126. The van der Waals surface area contributed by atoms with E-state index in [0.29, 0.717) is 17.3 Å². The second kappa shape index (κ2) is 4.94. The number of carbonyl (C=O) groups is 1. The number of aromatic nitrogens is 1. The lowest BCUT2D eigenvalue weighted by atomic mass is 10.2. The molecule has 1 saturated heterocycles. The van der Waals surface area contributed by atoms with E-state index in [1.807, 2.05) is 0 Å². The van der Waals surface area contributed by atoms with Crippen LogP contribution < -0.4 is 0 Å². The van der Waals surface area contributed by atoms with Gasteiger partial charge in [-0.25, -0.2) is 13.4 Å². The summed E-state index contributed by atoms with van der Waals surface area (Å²) in [6.45, 7) is 0.219. The standard InChI is InChI=1S/C10H11BrN2O4S/c11-7-3-4-9(12-6-7)18(16,17)13-5-1-2-8(13)10(14)15/h3-4,6,8H,1-2,5H2,(H,14,15). The first-order chi connectivity index (χ1) is 8.43. The van der Waals surface area contributed by atoms with Gasteiger partial charge in [-0.1, -0.05) is 0 Å². The predicted octanol–water partition coefficient (Wildman–Crippen LogP) is 1.08. The Morgan fingerprint density at radius 2 is 2.22 bits per heavy atom. The summed E-state index contributed by atoms with van der Waals surface area (Å²) >= 11 is 3.17. The number of halogens is 1. The molecule has 0 amide bonds. The summed E-state index contributed by atoms with van der Waals surface area (Å²) in [5.41, 5.74) is 0. The Labute approximate surface area is 113 Å². The van der Waals surface area contributed by atoms with E-state index in [1.54, 1.807) is 6.07 Å². The average Bonchev–Trinajstić information content (AvgIpc) is 2.79. The van der Waals surface area contributed by atoms with Crippen molar-refractivity contribution in [2.75, 3.05) is 6.54 Å². The van der Waals surface area contributed by atoms with E-state index in [1.165, 1.54) is 12.3 Å². The van der Waals surface area contributed by atoms with E-state index in [4.69, 9.17) is 5.11 Å². The van der Waals surface area contributed by atoms with E-state index in [9.17, 15) is 13.2 Å². The summed E-state index contributed by atoms with van der Waals surface area (Å²) in [5, 5.41) is 8.88. The normalized spacial score (nSPS) is 21.1. The number of pyridine rings is 1. The quantitative estimate of drug-likeness (QED) is 0.893. The number of carboxylic acids is 1. The molecule has 1 aliphatic heterocycles. The molecule has 1 fully saturated rings. The second-order valence-electron chi connectivity index (χ2n) is 3.93. The molecule has 2 rings (SSSR count). The topological polar surface area (TPSA) is 87.6 Å². The predicted molar refractivity (Wildman–Crippen MR) is 66.5 cm³/mol. The fourth-order valence-corrected chi connectivity index (χ4v) is 3.71. The molecule has 1 aliphatic rings.